The van der Waals surface area contributed by atoms with Crippen molar-refractivity contribution in [1.82, 2.24) is 4.90 Å². The van der Waals surface area contributed by atoms with Crippen LogP contribution in [-0.2, 0) is 9.53 Å². The number of fused-ring (bicyclic) bond motifs is 1. The lowest BCUT2D eigenvalue weighted by Gasteiger charge is -2.34. The molecule has 0 saturated carbocycles. The van der Waals surface area contributed by atoms with Gasteiger partial charge < -0.3 is 10.5 Å². The smallest absolute Gasteiger partial charge is 0.338 e. The number of hydrogen-bond acceptors (Lipinski definition) is 7. The number of amidine groups is 1. The number of esters is 1. The molecule has 0 amide bonds. The molecule has 128 valence electrons. The van der Waals surface area contributed by atoms with Crippen molar-refractivity contribution in [2.45, 2.75) is 19.9 Å². The van der Waals surface area contributed by atoms with Crippen molar-refractivity contribution in [3.05, 3.63) is 56.8 Å². The highest BCUT2D eigenvalue weighted by Gasteiger charge is 2.42. The van der Waals surface area contributed by atoms with Gasteiger partial charge in [-0.2, -0.15) is 5.26 Å². The summed E-state index contributed by atoms with van der Waals surface area (Å²) in [5.41, 5.74) is 7.92. The van der Waals surface area contributed by atoms with E-state index in [0.29, 0.717) is 26.4 Å². The van der Waals surface area contributed by atoms with Crippen LogP contribution in [0.4, 0.5) is 0 Å². The molecule has 0 radical (unpaired) electrons. The van der Waals surface area contributed by atoms with Crippen LogP contribution in [0.2, 0.25) is 5.02 Å². The van der Waals surface area contributed by atoms with Gasteiger partial charge in [-0.15, -0.1) is 0 Å². The van der Waals surface area contributed by atoms with E-state index in [-0.39, 0.29) is 12.4 Å². The number of nitrogens with zero attached hydrogens (tertiary/aromatic N) is 3. The molecule has 0 saturated heterocycles. The SMILES string of the molecule is CCOC(=O)C1=C(C)N=C2SC(C#N)=C(N)N2[C@@H]1c1ccc(Cl)cc1. The second-order valence-corrected chi connectivity index (χ2v) is 6.78. The molecular weight excluding hydrogens is 360 g/mol. The molecule has 0 aliphatic carbocycles. The van der Waals surface area contributed by atoms with Gasteiger partial charge in [0.1, 0.15) is 16.8 Å². The third-order valence-corrected chi connectivity index (χ3v) is 5.09. The predicted molar refractivity (Wildman–Crippen MR) is 97.2 cm³/mol. The maximum atomic E-state index is 12.6. The van der Waals surface area contributed by atoms with Crippen LogP contribution < -0.4 is 5.73 Å². The number of aliphatic imine (C=N–C) groups is 1. The van der Waals surface area contributed by atoms with Gasteiger partial charge in [0.15, 0.2) is 5.17 Å². The second-order valence-electron chi connectivity index (χ2n) is 5.37. The van der Waals surface area contributed by atoms with Crippen LogP contribution in [0, 0.1) is 11.3 Å². The number of thioether (sulfide) groups is 1. The number of halogens is 1. The molecule has 2 aliphatic rings. The molecule has 6 nitrogen and oxygen atoms in total. The van der Waals surface area contributed by atoms with Crippen LogP contribution >= 0.6 is 23.4 Å². The zero-order chi connectivity index (χ0) is 18.1. The lowest BCUT2D eigenvalue weighted by Crippen LogP contribution is -2.38. The molecule has 3 rings (SSSR count). The molecule has 0 spiro atoms. The Hall–Kier alpha value is -2.43. The van der Waals surface area contributed by atoms with Gasteiger partial charge in [0, 0.05) is 5.02 Å². The first-order valence-electron chi connectivity index (χ1n) is 7.56. The lowest BCUT2D eigenvalue weighted by molar-refractivity contribution is -0.139. The highest BCUT2D eigenvalue weighted by Crippen LogP contribution is 2.45. The Morgan fingerprint density at radius 2 is 2.16 bits per heavy atom. The fraction of sp³-hybridized carbons (Fsp3) is 0.235. The molecule has 1 atom stereocenters. The summed E-state index contributed by atoms with van der Waals surface area (Å²) in [6.45, 7) is 3.75. The number of carbonyl (C=O) groups is 1. The minimum atomic E-state index is -0.526. The highest BCUT2D eigenvalue weighted by atomic mass is 35.5. The van der Waals surface area contributed by atoms with E-state index in [9.17, 15) is 10.1 Å². The zero-order valence-electron chi connectivity index (χ0n) is 13.6. The standard InChI is InChI=1S/C17H15ClN4O2S/c1-3-24-16(23)13-9(2)21-17-22(15(20)12(8-19)25-17)14(13)10-4-6-11(18)7-5-10/h4-7,14H,3,20H2,1-2H3/t14-/m1/s1. The monoisotopic (exact) mass is 374 g/mol. The van der Waals surface area contributed by atoms with E-state index in [2.05, 4.69) is 11.1 Å². The van der Waals surface area contributed by atoms with Crippen LogP contribution in [0.25, 0.3) is 0 Å². The van der Waals surface area contributed by atoms with Crippen LogP contribution in [-0.4, -0.2) is 22.6 Å². The summed E-state index contributed by atoms with van der Waals surface area (Å²) < 4.78 is 5.22. The molecule has 1 aromatic carbocycles. The number of carbonyl (C=O) groups excluding carboxylic acids is 1. The summed E-state index contributed by atoms with van der Waals surface area (Å²) in [6.07, 6.45) is 0. The van der Waals surface area contributed by atoms with Crippen molar-refractivity contribution in [1.29, 1.82) is 5.26 Å². The number of rotatable bonds is 3. The Labute approximate surface area is 154 Å². The molecule has 2 N–H and O–H groups in total. The summed E-state index contributed by atoms with van der Waals surface area (Å²) in [5, 5.41) is 10.4. The molecule has 0 fully saturated rings. The van der Waals surface area contributed by atoms with Crippen LogP contribution in [0.3, 0.4) is 0 Å². The van der Waals surface area contributed by atoms with E-state index >= 15 is 0 Å². The van der Waals surface area contributed by atoms with Gasteiger partial charge in [0.05, 0.1) is 23.9 Å². The average Bonchev–Trinajstić information content (AvgIpc) is 2.90. The molecule has 8 heteroatoms. The maximum Gasteiger partial charge on any atom is 0.338 e. The number of ether oxygens (including phenoxy) is 1. The summed E-state index contributed by atoms with van der Waals surface area (Å²) in [5.74, 6) is -0.175. The Morgan fingerprint density at radius 3 is 2.76 bits per heavy atom. The number of nitriles is 1. The van der Waals surface area contributed by atoms with Crippen molar-refractivity contribution < 1.29 is 9.53 Å². The summed E-state index contributed by atoms with van der Waals surface area (Å²) >= 11 is 7.18. The number of benzene rings is 1. The zero-order valence-corrected chi connectivity index (χ0v) is 15.2. The van der Waals surface area contributed by atoms with E-state index in [1.165, 1.54) is 11.8 Å². The minimum Gasteiger partial charge on any atom is -0.463 e. The fourth-order valence-corrected chi connectivity index (χ4v) is 3.81. The van der Waals surface area contributed by atoms with Gasteiger partial charge in [0.25, 0.3) is 0 Å². The van der Waals surface area contributed by atoms with Crippen LogP contribution in [0.1, 0.15) is 25.5 Å². The van der Waals surface area contributed by atoms with Gasteiger partial charge in [-0.05, 0) is 43.3 Å². The average molecular weight is 375 g/mol. The molecule has 1 aromatic rings. The molecule has 0 aromatic heterocycles. The number of allylic oxidation sites excluding steroid dienone is 2. The topological polar surface area (TPSA) is 91.7 Å². The largest absolute Gasteiger partial charge is 0.463 e. The van der Waals surface area contributed by atoms with Crippen LogP contribution in [0.5, 0.6) is 0 Å². The normalized spacial score (nSPS) is 19.5. The van der Waals surface area contributed by atoms with Gasteiger partial charge in [0.2, 0.25) is 0 Å². The van der Waals surface area contributed by atoms with E-state index in [0.717, 1.165) is 5.56 Å². The first-order valence-corrected chi connectivity index (χ1v) is 8.76. The number of hydrogen-bond donors (Lipinski definition) is 1. The molecule has 2 heterocycles. The third-order valence-electron chi connectivity index (χ3n) is 3.86. The first-order chi connectivity index (χ1) is 12.0. The molecule has 0 bridgehead atoms. The van der Waals surface area contributed by atoms with Gasteiger partial charge in [-0.25, -0.2) is 9.79 Å². The molecule has 25 heavy (non-hydrogen) atoms. The quantitative estimate of drug-likeness (QED) is 0.816. The number of nitrogens with two attached hydrogens (primary N) is 1. The van der Waals surface area contributed by atoms with E-state index in [4.69, 9.17) is 22.1 Å². The summed E-state index contributed by atoms with van der Waals surface area (Å²) in [6, 6.07) is 8.69. The third kappa shape index (κ3) is 2.99. The Bertz CT molecular complexity index is 868. The van der Waals surface area contributed by atoms with E-state index < -0.39 is 12.0 Å². The molecular formula is C17H15ClN4O2S. The second kappa shape index (κ2) is 6.82. The summed E-state index contributed by atoms with van der Waals surface area (Å²) in [4.78, 5) is 19.1. The highest BCUT2D eigenvalue weighted by molar-refractivity contribution is 8.17. The van der Waals surface area contributed by atoms with Gasteiger partial charge >= 0.3 is 5.97 Å². The van der Waals surface area contributed by atoms with E-state index in [1.807, 2.05) is 12.1 Å². The minimum absolute atomic E-state index is 0.253. The summed E-state index contributed by atoms with van der Waals surface area (Å²) in [7, 11) is 0. The fourth-order valence-electron chi connectivity index (χ4n) is 2.77. The van der Waals surface area contributed by atoms with Gasteiger partial charge in [-0.1, -0.05) is 23.7 Å². The van der Waals surface area contributed by atoms with Crippen molar-refractivity contribution in [2.75, 3.05) is 6.61 Å². The first kappa shape index (κ1) is 17.4. The van der Waals surface area contributed by atoms with Crippen molar-refractivity contribution in [3.63, 3.8) is 0 Å². The van der Waals surface area contributed by atoms with Gasteiger partial charge in [-0.3, -0.25) is 4.90 Å². The van der Waals surface area contributed by atoms with Crippen molar-refractivity contribution in [3.8, 4) is 6.07 Å². The van der Waals surface area contributed by atoms with E-state index in [1.54, 1.807) is 30.9 Å². The van der Waals surface area contributed by atoms with Crippen molar-refractivity contribution >= 4 is 34.5 Å². The molecule has 2 aliphatic heterocycles. The Kier molecular flexibility index (Phi) is 4.75. The molecule has 0 unspecified atom stereocenters. The Balaban J connectivity index is 2.18. The maximum absolute atomic E-state index is 12.6. The van der Waals surface area contributed by atoms with Crippen molar-refractivity contribution in [2.24, 2.45) is 10.7 Å². The Morgan fingerprint density at radius 1 is 1.48 bits per heavy atom. The lowest BCUT2D eigenvalue weighted by atomic mass is 9.94. The predicted octanol–water partition coefficient (Wildman–Crippen LogP) is 3.29. The van der Waals surface area contributed by atoms with Crippen LogP contribution in [0.15, 0.2) is 51.3 Å².